The van der Waals surface area contributed by atoms with Crippen molar-refractivity contribution in [1.29, 1.82) is 5.26 Å². The lowest BCUT2D eigenvalue weighted by atomic mass is 9.71. The lowest BCUT2D eigenvalue weighted by Gasteiger charge is -2.30. The van der Waals surface area contributed by atoms with Gasteiger partial charge in [-0.15, -0.1) is 0 Å². The van der Waals surface area contributed by atoms with Gasteiger partial charge in [0.25, 0.3) is 0 Å². The predicted octanol–water partition coefficient (Wildman–Crippen LogP) is 4.86. The molecule has 0 amide bonds. The van der Waals surface area contributed by atoms with E-state index >= 15 is 0 Å². The summed E-state index contributed by atoms with van der Waals surface area (Å²) in [6.07, 6.45) is 6.03. The highest BCUT2D eigenvalue weighted by molar-refractivity contribution is 5.14. The molecule has 0 aliphatic heterocycles. The summed E-state index contributed by atoms with van der Waals surface area (Å²) in [4.78, 5) is 0. The van der Waals surface area contributed by atoms with Gasteiger partial charge in [0.05, 0.1) is 11.5 Å². The number of hydrogen-bond acceptors (Lipinski definition) is 1. The lowest BCUT2D eigenvalue weighted by Crippen LogP contribution is -2.25. The first-order chi connectivity index (χ1) is 7.38. The Hall–Kier alpha value is -1.03. The molecule has 1 atom stereocenters. The van der Waals surface area contributed by atoms with Gasteiger partial charge in [-0.25, -0.2) is 0 Å². The van der Waals surface area contributed by atoms with Crippen molar-refractivity contribution in [3.05, 3.63) is 23.3 Å². The summed E-state index contributed by atoms with van der Waals surface area (Å²) in [5.74, 6) is 0.378. The van der Waals surface area contributed by atoms with Crippen LogP contribution in [0.3, 0.4) is 0 Å². The normalized spacial score (nSPS) is 15.5. The van der Waals surface area contributed by atoms with E-state index < -0.39 is 0 Å². The van der Waals surface area contributed by atoms with Gasteiger partial charge >= 0.3 is 0 Å². The van der Waals surface area contributed by atoms with Crippen molar-refractivity contribution in [3.8, 4) is 6.07 Å². The van der Waals surface area contributed by atoms with Gasteiger partial charge in [-0.1, -0.05) is 37.1 Å². The van der Waals surface area contributed by atoms with Crippen LogP contribution in [0.5, 0.6) is 0 Å². The molecule has 0 bridgehead atoms. The van der Waals surface area contributed by atoms with Gasteiger partial charge in [-0.05, 0) is 46.5 Å². The summed E-state index contributed by atoms with van der Waals surface area (Å²) >= 11 is 0. The van der Waals surface area contributed by atoms with Crippen LogP contribution in [0.1, 0.15) is 54.4 Å². The fraction of sp³-hybridized carbons (Fsp3) is 0.667. The highest BCUT2D eigenvalue weighted by atomic mass is 14.4. The molecule has 1 nitrogen and oxygen atoms in total. The van der Waals surface area contributed by atoms with Crippen molar-refractivity contribution in [2.24, 2.45) is 11.3 Å². The minimum absolute atomic E-state index is 0.242. The van der Waals surface area contributed by atoms with E-state index in [9.17, 15) is 5.26 Å². The van der Waals surface area contributed by atoms with Crippen LogP contribution in [0.25, 0.3) is 0 Å². The van der Waals surface area contributed by atoms with Crippen molar-refractivity contribution in [2.75, 3.05) is 0 Å². The van der Waals surface area contributed by atoms with E-state index in [1.165, 1.54) is 11.1 Å². The van der Waals surface area contributed by atoms with E-state index in [2.05, 4.69) is 52.8 Å². The van der Waals surface area contributed by atoms with Crippen molar-refractivity contribution in [1.82, 2.24) is 0 Å². The summed E-state index contributed by atoms with van der Waals surface area (Å²) in [5.41, 5.74) is 2.35. The van der Waals surface area contributed by atoms with E-state index in [1.807, 2.05) is 6.92 Å². The number of allylic oxidation sites excluding steroid dienone is 4. The van der Waals surface area contributed by atoms with Gasteiger partial charge in [-0.3, -0.25) is 0 Å². The molecule has 1 unspecified atom stereocenters. The Morgan fingerprint density at radius 1 is 1.31 bits per heavy atom. The molecule has 0 fully saturated rings. The summed E-state index contributed by atoms with van der Waals surface area (Å²) in [5, 5.41) is 9.50. The topological polar surface area (TPSA) is 23.8 Å². The molecule has 0 heterocycles. The zero-order chi connectivity index (χ0) is 12.8. The van der Waals surface area contributed by atoms with Crippen LogP contribution in [-0.2, 0) is 0 Å². The Kier molecular flexibility index (Phi) is 6.11. The van der Waals surface area contributed by atoms with Crippen LogP contribution in [0.15, 0.2) is 23.3 Å². The number of nitrogens with zero attached hydrogens (tertiary/aromatic N) is 1. The fourth-order valence-electron chi connectivity index (χ4n) is 1.71. The smallest absolute Gasteiger partial charge is 0.0699 e. The Balaban J connectivity index is 5.03. The molecular formula is C15H25N. The second-order valence-corrected chi connectivity index (χ2v) is 5.22. The molecule has 16 heavy (non-hydrogen) atoms. The molecule has 0 N–H and O–H groups in total. The Labute approximate surface area is 101 Å². The molecule has 0 aliphatic rings. The van der Waals surface area contributed by atoms with Crippen LogP contribution < -0.4 is 0 Å². The third-order valence-corrected chi connectivity index (χ3v) is 3.29. The molecular weight excluding hydrogens is 194 g/mol. The highest BCUT2D eigenvalue weighted by Gasteiger charge is 2.32. The molecule has 0 rings (SSSR count). The third-order valence-electron chi connectivity index (χ3n) is 3.29. The molecule has 1 heteroatoms. The summed E-state index contributed by atoms with van der Waals surface area (Å²) in [6, 6.07) is 2.55. The van der Waals surface area contributed by atoms with Gasteiger partial charge in [-0.2, -0.15) is 5.26 Å². The van der Waals surface area contributed by atoms with E-state index in [0.717, 1.165) is 12.8 Å². The molecule has 0 radical (unpaired) electrons. The van der Waals surface area contributed by atoms with E-state index in [1.54, 1.807) is 0 Å². The van der Waals surface area contributed by atoms with Crippen molar-refractivity contribution in [3.63, 3.8) is 0 Å². The van der Waals surface area contributed by atoms with Gasteiger partial charge in [0.15, 0.2) is 0 Å². The zero-order valence-corrected chi connectivity index (χ0v) is 11.6. The molecule has 0 spiro atoms. The molecule has 0 aliphatic carbocycles. The largest absolute Gasteiger partial charge is 0.198 e. The average Bonchev–Trinajstić information content (AvgIpc) is 2.23. The zero-order valence-electron chi connectivity index (χ0n) is 11.6. The minimum Gasteiger partial charge on any atom is -0.198 e. The van der Waals surface area contributed by atoms with E-state index in [-0.39, 0.29) is 5.41 Å². The standard InChI is InChI=1S/C15H25N/c1-7-14(6)10-15(11-16,13(4)5)9-8-12(2)3/h7-8,13H,9-10H2,1-6H3. The molecule has 0 aromatic carbocycles. The first-order valence-corrected chi connectivity index (χ1v) is 6.04. The SMILES string of the molecule is CC=C(C)CC(C#N)(CC=C(C)C)C(C)C. The third kappa shape index (κ3) is 4.23. The summed E-state index contributed by atoms with van der Waals surface area (Å²) in [7, 11) is 0. The first-order valence-electron chi connectivity index (χ1n) is 6.04. The quantitative estimate of drug-likeness (QED) is 0.605. The van der Waals surface area contributed by atoms with Crippen LogP contribution in [0, 0.1) is 22.7 Å². The van der Waals surface area contributed by atoms with Crippen LogP contribution in [-0.4, -0.2) is 0 Å². The number of nitriles is 1. The Morgan fingerprint density at radius 2 is 1.88 bits per heavy atom. The molecule has 0 saturated heterocycles. The van der Waals surface area contributed by atoms with Crippen LogP contribution in [0.4, 0.5) is 0 Å². The molecule has 0 aromatic rings. The number of rotatable bonds is 5. The van der Waals surface area contributed by atoms with Gasteiger partial charge in [0.2, 0.25) is 0 Å². The molecule has 0 saturated carbocycles. The maximum Gasteiger partial charge on any atom is 0.0699 e. The van der Waals surface area contributed by atoms with Gasteiger partial charge in [0, 0.05) is 0 Å². The van der Waals surface area contributed by atoms with Crippen molar-refractivity contribution in [2.45, 2.75) is 54.4 Å². The van der Waals surface area contributed by atoms with Gasteiger partial charge in [0.1, 0.15) is 0 Å². The fourth-order valence-corrected chi connectivity index (χ4v) is 1.71. The second-order valence-electron chi connectivity index (χ2n) is 5.22. The second kappa shape index (κ2) is 6.53. The predicted molar refractivity (Wildman–Crippen MR) is 71.0 cm³/mol. The molecule has 0 aromatic heterocycles. The van der Waals surface area contributed by atoms with E-state index in [0.29, 0.717) is 5.92 Å². The lowest BCUT2D eigenvalue weighted by molar-refractivity contribution is 0.276. The van der Waals surface area contributed by atoms with Crippen LogP contribution in [0.2, 0.25) is 0 Å². The summed E-state index contributed by atoms with van der Waals surface area (Å²) in [6.45, 7) is 12.6. The van der Waals surface area contributed by atoms with Crippen molar-refractivity contribution < 1.29 is 0 Å². The van der Waals surface area contributed by atoms with Gasteiger partial charge < -0.3 is 0 Å². The maximum absolute atomic E-state index is 9.50. The summed E-state index contributed by atoms with van der Waals surface area (Å²) < 4.78 is 0. The Bertz CT molecular complexity index is 311. The monoisotopic (exact) mass is 219 g/mol. The first kappa shape index (κ1) is 15.0. The van der Waals surface area contributed by atoms with Crippen molar-refractivity contribution >= 4 is 0 Å². The number of hydrogen-bond donors (Lipinski definition) is 0. The maximum atomic E-state index is 9.50. The van der Waals surface area contributed by atoms with Crippen LogP contribution >= 0.6 is 0 Å². The highest BCUT2D eigenvalue weighted by Crippen LogP contribution is 2.38. The average molecular weight is 219 g/mol. The van der Waals surface area contributed by atoms with E-state index in [4.69, 9.17) is 0 Å². The Morgan fingerprint density at radius 3 is 2.19 bits per heavy atom. The minimum atomic E-state index is -0.242. The molecule has 90 valence electrons.